The van der Waals surface area contributed by atoms with Crippen molar-refractivity contribution in [2.45, 2.75) is 52.0 Å². The summed E-state index contributed by atoms with van der Waals surface area (Å²) in [6.45, 7) is 12.0. The maximum Gasteiger partial charge on any atom is 0.170 e. The van der Waals surface area contributed by atoms with Crippen LogP contribution in [0.25, 0.3) is 10.9 Å². The first kappa shape index (κ1) is 24.2. The van der Waals surface area contributed by atoms with E-state index in [1.807, 2.05) is 0 Å². The van der Waals surface area contributed by atoms with E-state index in [9.17, 15) is 0 Å². The van der Waals surface area contributed by atoms with Gasteiger partial charge >= 0.3 is 0 Å². The van der Waals surface area contributed by atoms with Gasteiger partial charge in [0.2, 0.25) is 0 Å². The van der Waals surface area contributed by atoms with E-state index in [1.165, 1.54) is 43.2 Å². The van der Waals surface area contributed by atoms with Crippen LogP contribution in [0.3, 0.4) is 0 Å². The molecule has 2 aliphatic rings. The molecule has 0 aliphatic carbocycles. The fourth-order valence-corrected chi connectivity index (χ4v) is 5.35. The van der Waals surface area contributed by atoms with Gasteiger partial charge in [-0.3, -0.25) is 0 Å². The molecule has 3 heterocycles. The number of nitrogens with zero attached hydrogens (tertiary/aromatic N) is 4. The molecule has 0 saturated carbocycles. The predicted molar refractivity (Wildman–Crippen MR) is 145 cm³/mol. The molecule has 6 nitrogen and oxygen atoms in total. The number of piperazine rings is 1. The first-order valence-electron chi connectivity index (χ1n) is 12.7. The summed E-state index contributed by atoms with van der Waals surface area (Å²) >= 11 is 5.56. The fraction of sp³-hybridized carbons (Fsp3) is 0.615. The molecule has 33 heavy (non-hydrogen) atoms. The predicted octanol–water partition coefficient (Wildman–Crippen LogP) is 4.24. The SMILES string of the molecule is CC[C@@H]1CCCCN1CCCNC(=S)Nc1ccc2nc(N3CCN(C)CC3)cc(C)c2c1. The van der Waals surface area contributed by atoms with Gasteiger partial charge in [-0.2, -0.15) is 0 Å². The lowest BCUT2D eigenvalue weighted by Gasteiger charge is -2.35. The van der Waals surface area contributed by atoms with Crippen LogP contribution >= 0.6 is 12.2 Å². The highest BCUT2D eigenvalue weighted by Gasteiger charge is 2.20. The first-order valence-corrected chi connectivity index (χ1v) is 13.1. The Morgan fingerprint density at radius 2 is 1.94 bits per heavy atom. The maximum absolute atomic E-state index is 5.56. The third-order valence-corrected chi connectivity index (χ3v) is 7.46. The molecule has 1 aromatic carbocycles. The quantitative estimate of drug-likeness (QED) is 0.466. The van der Waals surface area contributed by atoms with E-state index >= 15 is 0 Å². The minimum absolute atomic E-state index is 0.694. The Morgan fingerprint density at radius 3 is 2.73 bits per heavy atom. The van der Waals surface area contributed by atoms with Gasteiger partial charge < -0.3 is 25.3 Å². The molecule has 2 N–H and O–H groups in total. The van der Waals surface area contributed by atoms with Crippen molar-refractivity contribution < 1.29 is 0 Å². The Bertz CT molecular complexity index is 940. The van der Waals surface area contributed by atoms with Gasteiger partial charge in [0.25, 0.3) is 0 Å². The monoisotopic (exact) mass is 468 g/mol. The number of aryl methyl sites for hydroxylation is 1. The number of hydrogen-bond acceptors (Lipinski definition) is 5. The summed E-state index contributed by atoms with van der Waals surface area (Å²) in [7, 11) is 2.18. The second kappa shape index (κ2) is 11.4. The molecular weight excluding hydrogens is 428 g/mol. The molecular formula is C26H40N6S. The van der Waals surface area contributed by atoms with E-state index in [0.717, 1.165) is 68.8 Å². The second-order valence-electron chi connectivity index (χ2n) is 9.65. The zero-order valence-corrected chi connectivity index (χ0v) is 21.4. The number of likely N-dealkylation sites (N-methyl/N-ethyl adjacent to an activating group) is 1. The van der Waals surface area contributed by atoms with Crippen LogP contribution in [0.2, 0.25) is 0 Å². The van der Waals surface area contributed by atoms with Gasteiger partial charge in [-0.1, -0.05) is 13.3 Å². The number of anilines is 2. The Labute approximate surface area is 204 Å². The van der Waals surface area contributed by atoms with E-state index in [0.29, 0.717) is 5.11 Å². The Balaban J connectivity index is 1.29. The van der Waals surface area contributed by atoms with Crippen LogP contribution in [0.4, 0.5) is 11.5 Å². The molecule has 1 atom stereocenters. The van der Waals surface area contributed by atoms with Crippen LogP contribution in [-0.2, 0) is 0 Å². The van der Waals surface area contributed by atoms with Gasteiger partial charge in [0, 0.05) is 56.4 Å². The van der Waals surface area contributed by atoms with Crippen molar-refractivity contribution in [3.8, 4) is 0 Å². The van der Waals surface area contributed by atoms with E-state index in [-0.39, 0.29) is 0 Å². The minimum atomic E-state index is 0.694. The van der Waals surface area contributed by atoms with Crippen LogP contribution in [0.15, 0.2) is 24.3 Å². The molecule has 2 aromatic rings. The Hall–Kier alpha value is -1.96. The molecule has 2 aliphatic heterocycles. The molecule has 0 unspecified atom stereocenters. The molecule has 0 amide bonds. The molecule has 7 heteroatoms. The lowest BCUT2D eigenvalue weighted by atomic mass is 10.00. The summed E-state index contributed by atoms with van der Waals surface area (Å²) in [6, 6.07) is 9.34. The van der Waals surface area contributed by atoms with Gasteiger partial charge in [0.1, 0.15) is 5.82 Å². The number of piperidine rings is 1. The lowest BCUT2D eigenvalue weighted by Crippen LogP contribution is -2.44. The molecule has 0 radical (unpaired) electrons. The summed E-state index contributed by atoms with van der Waals surface area (Å²) in [5.74, 6) is 1.09. The number of likely N-dealkylation sites (tertiary alicyclic amines) is 1. The molecule has 1 aromatic heterocycles. The van der Waals surface area contributed by atoms with E-state index < -0.39 is 0 Å². The summed E-state index contributed by atoms with van der Waals surface area (Å²) in [6.07, 6.45) is 6.47. The van der Waals surface area contributed by atoms with Crippen molar-refractivity contribution >= 4 is 39.7 Å². The normalized spacial score (nSPS) is 20.2. The molecule has 0 spiro atoms. The van der Waals surface area contributed by atoms with Gasteiger partial charge in [0.15, 0.2) is 5.11 Å². The minimum Gasteiger partial charge on any atom is -0.362 e. The highest BCUT2D eigenvalue weighted by molar-refractivity contribution is 7.80. The number of rotatable bonds is 7. The largest absolute Gasteiger partial charge is 0.362 e. The number of pyridine rings is 1. The van der Waals surface area contributed by atoms with Gasteiger partial charge in [-0.05, 0) is 88.2 Å². The highest BCUT2D eigenvalue weighted by Crippen LogP contribution is 2.26. The number of benzene rings is 1. The standard InChI is InChI=1S/C26H40N6S/c1-4-22-8-5-6-12-31(22)13-7-11-27-26(33)28-21-9-10-24-23(19-21)20(2)18-25(29-24)32-16-14-30(3)15-17-32/h9-10,18-19,22H,4-8,11-17H2,1-3H3,(H2,27,28,33)/t22-/m1/s1. The number of thiocarbonyl (C=S) groups is 1. The fourth-order valence-electron chi connectivity index (χ4n) is 5.13. The van der Waals surface area contributed by atoms with E-state index in [4.69, 9.17) is 17.2 Å². The molecule has 2 fully saturated rings. The number of fused-ring (bicyclic) bond motifs is 1. The summed E-state index contributed by atoms with van der Waals surface area (Å²) in [5, 5.41) is 8.63. The van der Waals surface area contributed by atoms with Crippen molar-refractivity contribution in [2.75, 3.05) is 63.1 Å². The number of hydrogen-bond donors (Lipinski definition) is 2. The first-order chi connectivity index (χ1) is 16.0. The third kappa shape index (κ3) is 6.34. The maximum atomic E-state index is 5.56. The molecule has 2 saturated heterocycles. The number of nitrogens with one attached hydrogen (secondary N) is 2. The zero-order chi connectivity index (χ0) is 23.2. The van der Waals surface area contributed by atoms with Crippen LogP contribution in [0.1, 0.15) is 44.6 Å². The van der Waals surface area contributed by atoms with Gasteiger partial charge in [-0.25, -0.2) is 4.98 Å². The van der Waals surface area contributed by atoms with E-state index in [2.05, 4.69) is 70.5 Å². The average Bonchev–Trinajstić information content (AvgIpc) is 2.83. The van der Waals surface area contributed by atoms with Crippen molar-refractivity contribution in [3.63, 3.8) is 0 Å². The summed E-state index contributed by atoms with van der Waals surface area (Å²) in [5.41, 5.74) is 3.31. The second-order valence-corrected chi connectivity index (χ2v) is 10.1. The van der Waals surface area contributed by atoms with Crippen LogP contribution < -0.4 is 15.5 Å². The third-order valence-electron chi connectivity index (χ3n) is 7.22. The van der Waals surface area contributed by atoms with Crippen LogP contribution in [-0.4, -0.2) is 78.8 Å². The smallest absolute Gasteiger partial charge is 0.170 e. The van der Waals surface area contributed by atoms with E-state index in [1.54, 1.807) is 0 Å². The average molecular weight is 469 g/mol. The lowest BCUT2D eigenvalue weighted by molar-refractivity contribution is 0.143. The number of aromatic nitrogens is 1. The molecule has 4 rings (SSSR count). The summed E-state index contributed by atoms with van der Waals surface area (Å²) < 4.78 is 0. The highest BCUT2D eigenvalue weighted by atomic mass is 32.1. The topological polar surface area (TPSA) is 46.7 Å². The van der Waals surface area contributed by atoms with Crippen LogP contribution in [0.5, 0.6) is 0 Å². The van der Waals surface area contributed by atoms with Crippen molar-refractivity contribution in [1.29, 1.82) is 0 Å². The molecule has 180 valence electrons. The Morgan fingerprint density at radius 1 is 1.12 bits per heavy atom. The van der Waals surface area contributed by atoms with Crippen molar-refractivity contribution in [2.24, 2.45) is 0 Å². The zero-order valence-electron chi connectivity index (χ0n) is 20.6. The van der Waals surface area contributed by atoms with Crippen molar-refractivity contribution in [1.82, 2.24) is 20.1 Å². The Kier molecular flexibility index (Phi) is 8.39. The molecule has 0 bridgehead atoms. The summed E-state index contributed by atoms with van der Waals surface area (Å²) in [4.78, 5) is 12.4. The van der Waals surface area contributed by atoms with Gasteiger partial charge in [-0.15, -0.1) is 0 Å². The van der Waals surface area contributed by atoms with Crippen molar-refractivity contribution in [3.05, 3.63) is 29.8 Å². The van der Waals surface area contributed by atoms with Crippen LogP contribution in [0, 0.1) is 6.92 Å². The van der Waals surface area contributed by atoms with Gasteiger partial charge in [0.05, 0.1) is 5.52 Å².